The summed E-state index contributed by atoms with van der Waals surface area (Å²) in [6.07, 6.45) is 0.817. The van der Waals surface area contributed by atoms with Crippen molar-refractivity contribution < 1.29 is 9.21 Å². The van der Waals surface area contributed by atoms with Gasteiger partial charge in [0, 0.05) is 12.8 Å². The number of nitrogens with one attached hydrogen (secondary N) is 3. The molecule has 3 heterocycles. The molecule has 3 aromatic rings. The first-order valence-corrected chi connectivity index (χ1v) is 8.06. The standard InChI is InChI=1S/C15H16N4O3S/c1-9(14-17-15(21)19-18-14)16-13(20)7-5-10-4-6-11(22-10)12-3-2-8-23-12/h2-4,6,8-9H,5,7H2,1H3,(H,16,20)(H2,17,18,19,21)/t9-/m1/s1. The van der Waals surface area contributed by atoms with Crippen molar-refractivity contribution in [2.24, 2.45) is 0 Å². The van der Waals surface area contributed by atoms with E-state index >= 15 is 0 Å². The number of hydrogen-bond acceptors (Lipinski definition) is 5. The van der Waals surface area contributed by atoms with Gasteiger partial charge in [-0.05, 0) is 30.5 Å². The van der Waals surface area contributed by atoms with Crippen molar-refractivity contribution in [3.05, 3.63) is 51.7 Å². The van der Waals surface area contributed by atoms with Gasteiger partial charge in [0.05, 0.1) is 10.9 Å². The molecule has 0 aliphatic heterocycles. The molecule has 3 aromatic heterocycles. The van der Waals surface area contributed by atoms with Crippen LogP contribution in [0.2, 0.25) is 0 Å². The minimum Gasteiger partial charge on any atom is -0.460 e. The van der Waals surface area contributed by atoms with Crippen molar-refractivity contribution in [2.75, 3.05) is 0 Å². The minimum atomic E-state index is -0.391. The van der Waals surface area contributed by atoms with Gasteiger partial charge in [0.2, 0.25) is 5.91 Å². The molecule has 0 fully saturated rings. The molecule has 0 bridgehead atoms. The SMILES string of the molecule is C[C@@H](NC(=O)CCc1ccc(-c2cccs2)o1)c1n[nH]c(=O)[nH]1. The lowest BCUT2D eigenvalue weighted by Gasteiger charge is -2.10. The monoisotopic (exact) mass is 332 g/mol. The fourth-order valence-electron chi connectivity index (χ4n) is 2.17. The van der Waals surface area contributed by atoms with Crippen LogP contribution in [-0.2, 0) is 11.2 Å². The van der Waals surface area contributed by atoms with Crippen molar-refractivity contribution in [1.82, 2.24) is 20.5 Å². The number of H-pyrrole nitrogens is 2. The van der Waals surface area contributed by atoms with E-state index in [1.807, 2.05) is 29.6 Å². The summed E-state index contributed by atoms with van der Waals surface area (Å²) >= 11 is 1.61. The summed E-state index contributed by atoms with van der Waals surface area (Å²) < 4.78 is 5.74. The van der Waals surface area contributed by atoms with Crippen LogP contribution in [0, 0.1) is 0 Å². The zero-order chi connectivity index (χ0) is 16.2. The average Bonchev–Trinajstić information content (AvgIpc) is 3.26. The van der Waals surface area contributed by atoms with Crippen LogP contribution in [0.1, 0.15) is 31.0 Å². The second-order valence-electron chi connectivity index (χ2n) is 5.10. The van der Waals surface area contributed by atoms with Crippen LogP contribution in [0.15, 0.2) is 38.9 Å². The molecule has 0 unspecified atom stereocenters. The summed E-state index contributed by atoms with van der Waals surface area (Å²) in [6, 6.07) is 7.40. The van der Waals surface area contributed by atoms with Gasteiger partial charge in [-0.15, -0.1) is 11.3 Å². The van der Waals surface area contributed by atoms with Crippen molar-refractivity contribution in [3.8, 4) is 10.6 Å². The molecule has 0 aliphatic rings. The summed E-state index contributed by atoms with van der Waals surface area (Å²) in [5.74, 6) is 1.86. The molecule has 0 aliphatic carbocycles. The molecule has 8 heteroatoms. The number of rotatable bonds is 6. The van der Waals surface area contributed by atoms with Gasteiger partial charge in [-0.3, -0.25) is 9.78 Å². The number of carbonyl (C=O) groups excluding carboxylic acids is 1. The lowest BCUT2D eigenvalue weighted by atomic mass is 10.2. The van der Waals surface area contributed by atoms with Crippen molar-refractivity contribution in [3.63, 3.8) is 0 Å². The Morgan fingerprint density at radius 1 is 1.43 bits per heavy atom. The van der Waals surface area contributed by atoms with E-state index in [4.69, 9.17) is 4.42 Å². The lowest BCUT2D eigenvalue weighted by molar-refractivity contribution is -0.121. The van der Waals surface area contributed by atoms with E-state index < -0.39 is 5.69 Å². The van der Waals surface area contributed by atoms with Gasteiger partial charge >= 0.3 is 5.69 Å². The smallest absolute Gasteiger partial charge is 0.340 e. The van der Waals surface area contributed by atoms with E-state index in [2.05, 4.69) is 20.5 Å². The maximum atomic E-state index is 12.0. The number of carbonyl (C=O) groups is 1. The Hall–Kier alpha value is -2.61. The van der Waals surface area contributed by atoms with E-state index in [0.29, 0.717) is 18.7 Å². The zero-order valence-electron chi connectivity index (χ0n) is 12.5. The number of aromatic amines is 2. The molecule has 3 N–H and O–H groups in total. The zero-order valence-corrected chi connectivity index (χ0v) is 13.3. The molecule has 1 atom stereocenters. The van der Waals surface area contributed by atoms with Crippen LogP contribution in [-0.4, -0.2) is 21.1 Å². The lowest BCUT2D eigenvalue weighted by Crippen LogP contribution is -2.27. The highest BCUT2D eigenvalue weighted by atomic mass is 32.1. The third-order valence-corrected chi connectivity index (χ3v) is 4.22. The van der Waals surface area contributed by atoms with Crippen LogP contribution < -0.4 is 11.0 Å². The number of thiophene rings is 1. The molecule has 3 rings (SSSR count). The summed E-state index contributed by atoms with van der Waals surface area (Å²) in [6.45, 7) is 1.76. The van der Waals surface area contributed by atoms with E-state index in [1.165, 1.54) is 0 Å². The number of nitrogens with zero attached hydrogens (tertiary/aromatic N) is 1. The molecule has 120 valence electrons. The predicted octanol–water partition coefficient (Wildman–Crippen LogP) is 2.23. The fourth-order valence-corrected chi connectivity index (χ4v) is 2.86. The van der Waals surface area contributed by atoms with Crippen LogP contribution >= 0.6 is 11.3 Å². The van der Waals surface area contributed by atoms with Crippen LogP contribution in [0.25, 0.3) is 10.6 Å². The molecule has 0 saturated heterocycles. The highest BCUT2D eigenvalue weighted by Crippen LogP contribution is 2.26. The second-order valence-corrected chi connectivity index (χ2v) is 6.04. The summed E-state index contributed by atoms with van der Waals surface area (Å²) in [5.41, 5.74) is -0.391. The van der Waals surface area contributed by atoms with Gasteiger partial charge in [0.15, 0.2) is 5.82 Å². The number of hydrogen-bond donors (Lipinski definition) is 3. The molecular weight excluding hydrogens is 316 g/mol. The van der Waals surface area contributed by atoms with E-state index in [0.717, 1.165) is 16.4 Å². The van der Waals surface area contributed by atoms with Crippen molar-refractivity contribution in [1.29, 1.82) is 0 Å². The number of amides is 1. The van der Waals surface area contributed by atoms with Crippen molar-refractivity contribution >= 4 is 17.2 Å². The normalized spacial score (nSPS) is 12.2. The largest absolute Gasteiger partial charge is 0.460 e. The van der Waals surface area contributed by atoms with Crippen molar-refractivity contribution in [2.45, 2.75) is 25.8 Å². The highest BCUT2D eigenvalue weighted by molar-refractivity contribution is 7.13. The number of furan rings is 1. The van der Waals surface area contributed by atoms with Gasteiger partial charge in [-0.2, -0.15) is 5.10 Å². The Morgan fingerprint density at radius 2 is 2.30 bits per heavy atom. The Bertz CT molecular complexity index is 831. The highest BCUT2D eigenvalue weighted by Gasteiger charge is 2.13. The maximum absolute atomic E-state index is 12.0. The Kier molecular flexibility index (Phi) is 4.42. The van der Waals surface area contributed by atoms with Gasteiger partial charge in [0.1, 0.15) is 11.5 Å². The molecule has 7 nitrogen and oxygen atoms in total. The first kappa shape index (κ1) is 15.3. The van der Waals surface area contributed by atoms with Crippen LogP contribution in [0.4, 0.5) is 0 Å². The molecule has 0 radical (unpaired) electrons. The Morgan fingerprint density at radius 3 is 3.00 bits per heavy atom. The molecular formula is C15H16N4O3S. The first-order valence-electron chi connectivity index (χ1n) is 7.18. The van der Waals surface area contributed by atoms with Crippen LogP contribution in [0.5, 0.6) is 0 Å². The van der Waals surface area contributed by atoms with Gasteiger partial charge < -0.3 is 9.73 Å². The first-order chi connectivity index (χ1) is 11.1. The van der Waals surface area contributed by atoms with Gasteiger partial charge in [-0.25, -0.2) is 9.89 Å². The number of aryl methyl sites for hydroxylation is 1. The third kappa shape index (κ3) is 3.78. The van der Waals surface area contributed by atoms with Gasteiger partial charge in [-0.1, -0.05) is 6.07 Å². The predicted molar refractivity (Wildman–Crippen MR) is 86.1 cm³/mol. The Balaban J connectivity index is 1.52. The summed E-state index contributed by atoms with van der Waals surface area (Å²) in [7, 11) is 0. The minimum absolute atomic E-state index is 0.129. The molecule has 0 saturated carbocycles. The summed E-state index contributed by atoms with van der Waals surface area (Å²) in [5, 5.41) is 10.8. The van der Waals surface area contributed by atoms with Gasteiger partial charge in [0.25, 0.3) is 0 Å². The maximum Gasteiger partial charge on any atom is 0.340 e. The Labute approximate surface area is 135 Å². The number of aromatic nitrogens is 3. The molecule has 1 amide bonds. The van der Waals surface area contributed by atoms with E-state index in [9.17, 15) is 9.59 Å². The average molecular weight is 332 g/mol. The fraction of sp³-hybridized carbons (Fsp3) is 0.267. The third-order valence-electron chi connectivity index (χ3n) is 3.33. The molecule has 23 heavy (non-hydrogen) atoms. The summed E-state index contributed by atoms with van der Waals surface area (Å²) in [4.78, 5) is 26.5. The molecule has 0 aromatic carbocycles. The van der Waals surface area contributed by atoms with E-state index in [1.54, 1.807) is 18.3 Å². The van der Waals surface area contributed by atoms with E-state index in [-0.39, 0.29) is 11.9 Å². The quantitative estimate of drug-likeness (QED) is 0.644. The molecule has 0 spiro atoms. The topological polar surface area (TPSA) is 104 Å². The second kappa shape index (κ2) is 6.66. The van der Waals surface area contributed by atoms with Crippen LogP contribution in [0.3, 0.4) is 0 Å².